The molecule has 10 heteroatoms. The maximum Gasteiger partial charge on any atom is 0.408 e. The summed E-state index contributed by atoms with van der Waals surface area (Å²) in [5.41, 5.74) is 0.905. The predicted octanol–water partition coefficient (Wildman–Crippen LogP) is 4.15. The summed E-state index contributed by atoms with van der Waals surface area (Å²) in [4.78, 5) is 37.3. The minimum atomic E-state index is -4.68. The summed E-state index contributed by atoms with van der Waals surface area (Å²) in [6, 6.07) is -4.86. The lowest BCUT2D eigenvalue weighted by atomic mass is 9.82. The number of allylic oxidation sites excluding steroid dienone is 4. The molecule has 32 heavy (non-hydrogen) atoms. The first-order valence-electron chi connectivity index (χ1n) is 11.0. The Hall–Kier alpha value is -2.52. The van der Waals surface area contributed by atoms with E-state index in [9.17, 15) is 32.7 Å². The average Bonchev–Trinajstić information content (AvgIpc) is 2.75. The van der Waals surface area contributed by atoms with Crippen molar-refractivity contribution < 1.29 is 37.4 Å². The molecule has 0 bridgehead atoms. The minimum absolute atomic E-state index is 0.185. The number of carbonyl (C=O) groups excluding carboxylic acids is 2. The van der Waals surface area contributed by atoms with Gasteiger partial charge in [0.15, 0.2) is 6.04 Å². The molecule has 2 fully saturated rings. The number of β-lactam (4-membered cyclic amide) rings is 1. The van der Waals surface area contributed by atoms with Gasteiger partial charge >= 0.3 is 18.2 Å². The number of aliphatic carboxylic acids is 1. The van der Waals surface area contributed by atoms with Crippen molar-refractivity contribution in [2.45, 2.75) is 76.0 Å². The SMILES string of the molecule is COC1=CC(CC[C@H]2C(=O)N(C(=O)N[C@@H](C3CCCCC3)C(F)(F)F)[C@@H]2C(=O)O)=CCC1. The molecular weight excluding hydrogens is 429 g/mol. The standard InChI is InChI=1S/C22H29F3N2O5/c1-32-15-9-5-6-13(12-15)10-11-16-17(20(29)30)27(19(16)28)21(31)26-18(22(23,24)25)14-7-3-2-4-8-14/h6,12,14,16-18H,2-5,7-11H2,1H3,(H,26,31)(H,29,30)/t16-,17+,18+/m1/s1. The van der Waals surface area contributed by atoms with E-state index in [4.69, 9.17) is 4.74 Å². The van der Waals surface area contributed by atoms with Crippen molar-refractivity contribution in [3.05, 3.63) is 23.5 Å². The highest BCUT2D eigenvalue weighted by Gasteiger charge is 2.56. The van der Waals surface area contributed by atoms with Crippen molar-refractivity contribution in [2.24, 2.45) is 11.8 Å². The van der Waals surface area contributed by atoms with E-state index in [1.54, 1.807) is 7.11 Å². The second-order valence-corrected chi connectivity index (χ2v) is 8.64. The van der Waals surface area contributed by atoms with E-state index in [1.807, 2.05) is 17.5 Å². The number of hydrogen-bond acceptors (Lipinski definition) is 4. The molecule has 0 aromatic rings. The van der Waals surface area contributed by atoms with Gasteiger partial charge in [-0.1, -0.05) is 25.3 Å². The molecular formula is C22H29F3N2O5. The largest absolute Gasteiger partial charge is 0.501 e. The Bertz CT molecular complexity index is 802. The maximum absolute atomic E-state index is 13.6. The van der Waals surface area contributed by atoms with Crippen LogP contribution in [0.1, 0.15) is 57.8 Å². The fourth-order valence-electron chi connectivity index (χ4n) is 4.87. The Morgan fingerprint density at radius 1 is 1.28 bits per heavy atom. The summed E-state index contributed by atoms with van der Waals surface area (Å²) >= 11 is 0. The van der Waals surface area contributed by atoms with Gasteiger partial charge in [-0.15, -0.1) is 0 Å². The number of likely N-dealkylation sites (tertiary alicyclic amines) is 1. The number of urea groups is 1. The number of carbonyl (C=O) groups is 3. The normalized spacial score (nSPS) is 25.4. The lowest BCUT2D eigenvalue weighted by molar-refractivity contribution is -0.173. The summed E-state index contributed by atoms with van der Waals surface area (Å²) in [6.45, 7) is 0. The van der Waals surface area contributed by atoms with Crippen LogP contribution in [-0.4, -0.2) is 53.3 Å². The number of amides is 3. The number of nitrogens with one attached hydrogen (secondary N) is 1. The third-order valence-corrected chi connectivity index (χ3v) is 6.59. The highest BCUT2D eigenvalue weighted by molar-refractivity contribution is 6.07. The predicted molar refractivity (Wildman–Crippen MR) is 108 cm³/mol. The van der Waals surface area contributed by atoms with Crippen molar-refractivity contribution in [3.63, 3.8) is 0 Å². The van der Waals surface area contributed by atoms with Crippen LogP contribution in [0.25, 0.3) is 0 Å². The quantitative estimate of drug-likeness (QED) is 0.559. The molecule has 1 aliphatic heterocycles. The molecule has 3 rings (SSSR count). The number of alkyl halides is 3. The minimum Gasteiger partial charge on any atom is -0.501 e. The summed E-state index contributed by atoms with van der Waals surface area (Å²) in [7, 11) is 1.56. The monoisotopic (exact) mass is 458 g/mol. The van der Waals surface area contributed by atoms with Gasteiger partial charge in [0, 0.05) is 6.42 Å². The molecule has 0 spiro atoms. The van der Waals surface area contributed by atoms with Gasteiger partial charge in [-0.3, -0.25) is 4.79 Å². The first-order chi connectivity index (χ1) is 15.1. The molecule has 1 saturated heterocycles. The van der Waals surface area contributed by atoms with E-state index < -0.39 is 48.0 Å². The van der Waals surface area contributed by atoms with Gasteiger partial charge in [0.2, 0.25) is 5.91 Å². The number of hydrogen-bond donors (Lipinski definition) is 2. The van der Waals surface area contributed by atoms with Crippen LogP contribution < -0.4 is 5.32 Å². The second-order valence-electron chi connectivity index (χ2n) is 8.64. The Morgan fingerprint density at radius 2 is 1.97 bits per heavy atom. The fourth-order valence-corrected chi connectivity index (χ4v) is 4.87. The number of imide groups is 1. The number of halogens is 3. The van der Waals surface area contributed by atoms with Crippen LogP contribution in [0.4, 0.5) is 18.0 Å². The zero-order chi connectivity index (χ0) is 23.5. The van der Waals surface area contributed by atoms with Gasteiger partial charge in [0.1, 0.15) is 6.04 Å². The molecule has 0 unspecified atom stereocenters. The number of ether oxygens (including phenoxy) is 1. The van der Waals surface area contributed by atoms with Crippen molar-refractivity contribution in [1.29, 1.82) is 0 Å². The molecule has 1 saturated carbocycles. The smallest absolute Gasteiger partial charge is 0.408 e. The zero-order valence-corrected chi connectivity index (χ0v) is 18.0. The molecule has 3 atom stereocenters. The highest BCUT2D eigenvalue weighted by Crippen LogP contribution is 2.37. The van der Waals surface area contributed by atoms with Gasteiger partial charge in [0.25, 0.3) is 0 Å². The molecule has 3 amide bonds. The van der Waals surface area contributed by atoms with Crippen LogP contribution >= 0.6 is 0 Å². The Labute approximate surface area is 184 Å². The third-order valence-electron chi connectivity index (χ3n) is 6.59. The van der Waals surface area contributed by atoms with E-state index in [2.05, 4.69) is 0 Å². The first-order valence-corrected chi connectivity index (χ1v) is 11.0. The average molecular weight is 458 g/mol. The van der Waals surface area contributed by atoms with Crippen LogP contribution in [-0.2, 0) is 14.3 Å². The van der Waals surface area contributed by atoms with E-state index >= 15 is 0 Å². The number of nitrogens with zero attached hydrogens (tertiary/aromatic N) is 1. The Kier molecular flexibility index (Phi) is 7.51. The van der Waals surface area contributed by atoms with Crippen LogP contribution in [0.2, 0.25) is 0 Å². The first kappa shape index (κ1) is 24.1. The molecule has 0 radical (unpaired) electrons. The molecule has 1 heterocycles. The van der Waals surface area contributed by atoms with E-state index in [0.717, 1.165) is 30.6 Å². The van der Waals surface area contributed by atoms with Gasteiger partial charge in [0.05, 0.1) is 18.8 Å². The molecule has 0 aromatic heterocycles. The van der Waals surface area contributed by atoms with Gasteiger partial charge in [-0.05, 0) is 49.7 Å². The molecule has 178 valence electrons. The summed E-state index contributed by atoms with van der Waals surface area (Å²) in [6.07, 6.45) is 4.05. The number of rotatable bonds is 7. The number of carboxylic acid groups (broad SMARTS) is 1. The maximum atomic E-state index is 13.6. The van der Waals surface area contributed by atoms with Crippen molar-refractivity contribution in [3.8, 4) is 0 Å². The highest BCUT2D eigenvalue weighted by atomic mass is 19.4. The van der Waals surface area contributed by atoms with Crippen molar-refractivity contribution in [1.82, 2.24) is 10.2 Å². The van der Waals surface area contributed by atoms with Crippen LogP contribution in [0.3, 0.4) is 0 Å². The van der Waals surface area contributed by atoms with Crippen LogP contribution in [0.15, 0.2) is 23.5 Å². The van der Waals surface area contributed by atoms with Gasteiger partial charge < -0.3 is 15.2 Å². The van der Waals surface area contributed by atoms with Crippen molar-refractivity contribution in [2.75, 3.05) is 7.11 Å². The summed E-state index contributed by atoms with van der Waals surface area (Å²) in [5, 5.41) is 11.5. The van der Waals surface area contributed by atoms with Gasteiger partial charge in [-0.2, -0.15) is 13.2 Å². The zero-order valence-electron chi connectivity index (χ0n) is 18.0. The van der Waals surface area contributed by atoms with E-state index in [1.165, 1.54) is 0 Å². The van der Waals surface area contributed by atoms with Crippen molar-refractivity contribution >= 4 is 17.9 Å². The number of carboxylic acids is 1. The molecule has 3 aliphatic rings. The topological polar surface area (TPSA) is 95.9 Å². The summed E-state index contributed by atoms with van der Waals surface area (Å²) < 4.78 is 46.1. The molecule has 0 aromatic carbocycles. The van der Waals surface area contributed by atoms with E-state index in [0.29, 0.717) is 37.0 Å². The third kappa shape index (κ3) is 5.27. The Morgan fingerprint density at radius 3 is 2.56 bits per heavy atom. The molecule has 7 nitrogen and oxygen atoms in total. The lowest BCUT2D eigenvalue weighted by Crippen LogP contribution is -2.69. The Balaban J connectivity index is 1.66. The molecule has 2 N–H and O–H groups in total. The van der Waals surface area contributed by atoms with Crippen LogP contribution in [0, 0.1) is 11.8 Å². The van der Waals surface area contributed by atoms with E-state index in [-0.39, 0.29) is 6.42 Å². The van der Waals surface area contributed by atoms with Gasteiger partial charge in [-0.25, -0.2) is 14.5 Å². The van der Waals surface area contributed by atoms with Crippen LogP contribution in [0.5, 0.6) is 0 Å². The lowest BCUT2D eigenvalue weighted by Gasteiger charge is -2.44. The number of methoxy groups -OCH3 is 1. The second kappa shape index (κ2) is 9.95. The molecule has 2 aliphatic carbocycles. The summed E-state index contributed by atoms with van der Waals surface area (Å²) in [5.74, 6) is -3.11. The fraction of sp³-hybridized carbons (Fsp3) is 0.682.